The van der Waals surface area contributed by atoms with Crippen LogP contribution in [0, 0.1) is 0 Å². The lowest BCUT2D eigenvalue weighted by molar-refractivity contribution is -0.115. The number of thioether (sulfide) groups is 2. The van der Waals surface area contributed by atoms with E-state index in [4.69, 9.17) is 0 Å². The molecule has 25 heavy (non-hydrogen) atoms. The van der Waals surface area contributed by atoms with Crippen molar-refractivity contribution in [3.05, 3.63) is 64.6 Å². The molecule has 3 rings (SSSR count). The molecule has 1 heterocycles. The molecule has 2 aromatic rings. The standard InChI is InChI=1S/C18H14N2O3S2/c1-24-14-8-6-13(7-9-14)19-16(21)12-4-2-11(3-5-12)10-15-17(22)20-18(23)25-15/h2-10H,1H3,(H,19,21)(H,20,22,23)/b15-10+. The molecule has 0 aliphatic carbocycles. The van der Waals surface area contributed by atoms with E-state index in [0.29, 0.717) is 10.5 Å². The molecular weight excluding hydrogens is 356 g/mol. The summed E-state index contributed by atoms with van der Waals surface area (Å²) in [5, 5.41) is 4.67. The molecule has 2 aromatic carbocycles. The third kappa shape index (κ3) is 4.32. The van der Waals surface area contributed by atoms with E-state index in [1.807, 2.05) is 30.5 Å². The minimum absolute atomic E-state index is 0.209. The average Bonchev–Trinajstić information content (AvgIpc) is 2.93. The number of nitrogens with one attached hydrogen (secondary N) is 2. The number of rotatable bonds is 4. The molecule has 1 saturated heterocycles. The molecule has 1 fully saturated rings. The quantitative estimate of drug-likeness (QED) is 0.629. The monoisotopic (exact) mass is 370 g/mol. The number of carbonyl (C=O) groups excluding carboxylic acids is 3. The Balaban J connectivity index is 1.69. The zero-order valence-electron chi connectivity index (χ0n) is 13.2. The van der Waals surface area contributed by atoms with Crippen molar-refractivity contribution in [1.82, 2.24) is 5.32 Å². The van der Waals surface area contributed by atoms with E-state index in [1.54, 1.807) is 42.1 Å². The Hall–Kier alpha value is -2.51. The van der Waals surface area contributed by atoms with Crippen molar-refractivity contribution in [3.63, 3.8) is 0 Å². The predicted molar refractivity (Wildman–Crippen MR) is 102 cm³/mol. The zero-order chi connectivity index (χ0) is 17.8. The Bertz CT molecular complexity index is 859. The van der Waals surface area contributed by atoms with Crippen LogP contribution in [0.25, 0.3) is 6.08 Å². The molecule has 126 valence electrons. The number of carbonyl (C=O) groups is 3. The van der Waals surface area contributed by atoms with Gasteiger partial charge in [0, 0.05) is 16.1 Å². The second-order valence-corrected chi connectivity index (χ2v) is 7.05. The van der Waals surface area contributed by atoms with Crippen LogP contribution < -0.4 is 10.6 Å². The molecule has 0 spiro atoms. The Morgan fingerprint density at radius 3 is 2.32 bits per heavy atom. The highest BCUT2D eigenvalue weighted by molar-refractivity contribution is 8.18. The number of benzene rings is 2. The van der Waals surface area contributed by atoms with Gasteiger partial charge in [-0.1, -0.05) is 12.1 Å². The number of anilines is 1. The van der Waals surface area contributed by atoms with E-state index < -0.39 is 5.91 Å². The first-order valence-corrected chi connectivity index (χ1v) is 9.39. The van der Waals surface area contributed by atoms with Crippen molar-refractivity contribution in [1.29, 1.82) is 0 Å². The van der Waals surface area contributed by atoms with Gasteiger partial charge in [-0.05, 0) is 66.1 Å². The second-order valence-electron chi connectivity index (χ2n) is 5.16. The molecular formula is C18H14N2O3S2. The minimum atomic E-state index is -0.398. The van der Waals surface area contributed by atoms with Crippen molar-refractivity contribution < 1.29 is 14.4 Å². The van der Waals surface area contributed by atoms with Crippen molar-refractivity contribution in [2.45, 2.75) is 4.90 Å². The maximum Gasteiger partial charge on any atom is 0.290 e. The molecule has 0 saturated carbocycles. The van der Waals surface area contributed by atoms with Crippen LogP contribution in [0.3, 0.4) is 0 Å². The van der Waals surface area contributed by atoms with Crippen LogP contribution in [0.4, 0.5) is 10.5 Å². The van der Waals surface area contributed by atoms with Crippen LogP contribution in [0.15, 0.2) is 58.3 Å². The fourth-order valence-electron chi connectivity index (χ4n) is 2.18. The highest BCUT2D eigenvalue weighted by Gasteiger charge is 2.24. The molecule has 3 amide bonds. The van der Waals surface area contributed by atoms with Gasteiger partial charge in [-0.25, -0.2) is 0 Å². The normalized spacial score (nSPS) is 15.3. The van der Waals surface area contributed by atoms with Gasteiger partial charge in [0.1, 0.15) is 0 Å². The first kappa shape index (κ1) is 17.3. The summed E-state index contributed by atoms with van der Waals surface area (Å²) < 4.78 is 0. The molecule has 0 bridgehead atoms. The first-order chi connectivity index (χ1) is 12.0. The van der Waals surface area contributed by atoms with Gasteiger partial charge in [-0.2, -0.15) is 0 Å². The van der Waals surface area contributed by atoms with Gasteiger partial charge in [-0.15, -0.1) is 11.8 Å². The third-order valence-electron chi connectivity index (χ3n) is 3.46. The van der Waals surface area contributed by atoms with Crippen LogP contribution in [-0.2, 0) is 4.79 Å². The molecule has 0 aromatic heterocycles. The van der Waals surface area contributed by atoms with Crippen LogP contribution >= 0.6 is 23.5 Å². The van der Waals surface area contributed by atoms with Crippen LogP contribution in [0.1, 0.15) is 15.9 Å². The number of amides is 3. The summed E-state index contributed by atoms with van der Waals surface area (Å²) in [5.41, 5.74) is 1.98. The molecule has 2 N–H and O–H groups in total. The van der Waals surface area contributed by atoms with Crippen molar-refractivity contribution >= 4 is 52.3 Å². The van der Waals surface area contributed by atoms with Crippen LogP contribution in [-0.4, -0.2) is 23.3 Å². The average molecular weight is 370 g/mol. The fourth-order valence-corrected chi connectivity index (χ4v) is 3.27. The van der Waals surface area contributed by atoms with E-state index in [0.717, 1.165) is 27.9 Å². The molecule has 1 aliphatic heterocycles. The maximum atomic E-state index is 12.3. The minimum Gasteiger partial charge on any atom is -0.322 e. The Labute approximate surface area is 153 Å². The lowest BCUT2D eigenvalue weighted by Crippen LogP contribution is -2.17. The van der Waals surface area contributed by atoms with Crippen molar-refractivity contribution in [2.75, 3.05) is 11.6 Å². The van der Waals surface area contributed by atoms with Crippen molar-refractivity contribution in [3.8, 4) is 0 Å². The van der Waals surface area contributed by atoms with E-state index in [-0.39, 0.29) is 11.1 Å². The van der Waals surface area contributed by atoms with Crippen LogP contribution in [0.2, 0.25) is 0 Å². The van der Waals surface area contributed by atoms with Gasteiger partial charge < -0.3 is 5.32 Å². The predicted octanol–water partition coefficient (Wildman–Crippen LogP) is 3.98. The van der Waals surface area contributed by atoms with Crippen molar-refractivity contribution in [2.24, 2.45) is 0 Å². The van der Waals surface area contributed by atoms with Gasteiger partial charge in [0.2, 0.25) is 0 Å². The molecule has 0 atom stereocenters. The Kier molecular flexibility index (Phi) is 5.25. The Morgan fingerprint density at radius 2 is 1.76 bits per heavy atom. The summed E-state index contributed by atoms with van der Waals surface area (Å²) in [7, 11) is 0. The summed E-state index contributed by atoms with van der Waals surface area (Å²) in [6.07, 6.45) is 3.61. The zero-order valence-corrected chi connectivity index (χ0v) is 14.9. The number of imide groups is 1. The van der Waals surface area contributed by atoms with E-state index in [9.17, 15) is 14.4 Å². The summed E-state index contributed by atoms with van der Waals surface area (Å²) in [5.74, 6) is -0.607. The van der Waals surface area contributed by atoms with Crippen LogP contribution in [0.5, 0.6) is 0 Å². The van der Waals surface area contributed by atoms with Gasteiger partial charge in [0.25, 0.3) is 17.1 Å². The third-order valence-corrected chi connectivity index (χ3v) is 5.01. The molecule has 5 nitrogen and oxygen atoms in total. The SMILES string of the molecule is CSc1ccc(NC(=O)c2ccc(/C=C3/SC(=O)NC3=O)cc2)cc1. The van der Waals surface area contributed by atoms with Gasteiger partial charge >= 0.3 is 0 Å². The van der Waals surface area contributed by atoms with Gasteiger partial charge in [-0.3, -0.25) is 19.7 Å². The maximum absolute atomic E-state index is 12.3. The molecule has 0 unspecified atom stereocenters. The lowest BCUT2D eigenvalue weighted by atomic mass is 10.1. The smallest absolute Gasteiger partial charge is 0.290 e. The summed E-state index contributed by atoms with van der Waals surface area (Å²) >= 11 is 2.50. The number of hydrogen-bond donors (Lipinski definition) is 2. The fraction of sp³-hybridized carbons (Fsp3) is 0.0556. The summed E-state index contributed by atoms with van der Waals surface area (Å²) in [4.78, 5) is 36.4. The summed E-state index contributed by atoms with van der Waals surface area (Å²) in [6, 6.07) is 14.4. The Morgan fingerprint density at radius 1 is 1.08 bits per heavy atom. The topological polar surface area (TPSA) is 75.3 Å². The van der Waals surface area contributed by atoms with E-state index in [2.05, 4.69) is 10.6 Å². The first-order valence-electron chi connectivity index (χ1n) is 7.35. The number of hydrogen-bond acceptors (Lipinski definition) is 5. The molecule has 1 aliphatic rings. The highest BCUT2D eigenvalue weighted by Crippen LogP contribution is 2.25. The van der Waals surface area contributed by atoms with Gasteiger partial charge in [0.15, 0.2) is 0 Å². The van der Waals surface area contributed by atoms with E-state index in [1.165, 1.54) is 0 Å². The van der Waals surface area contributed by atoms with Gasteiger partial charge in [0.05, 0.1) is 4.91 Å². The molecule has 7 heteroatoms. The van der Waals surface area contributed by atoms with E-state index >= 15 is 0 Å². The lowest BCUT2D eigenvalue weighted by Gasteiger charge is -2.06. The molecule has 0 radical (unpaired) electrons. The second kappa shape index (κ2) is 7.58. The highest BCUT2D eigenvalue weighted by atomic mass is 32.2. The summed E-state index contributed by atoms with van der Waals surface area (Å²) in [6.45, 7) is 0. The largest absolute Gasteiger partial charge is 0.322 e.